The molecule has 14 heavy (non-hydrogen) atoms. The topological polar surface area (TPSA) is 42.9 Å². The molecule has 1 aromatic rings. The zero-order valence-corrected chi connectivity index (χ0v) is 9.16. The maximum absolute atomic E-state index is 11.3. The number of carbonyl (C=O) groups is 1. The first-order chi connectivity index (χ1) is 6.45. The number of ketones is 1. The van der Waals surface area contributed by atoms with Gasteiger partial charge in [-0.1, -0.05) is 27.7 Å². The van der Waals surface area contributed by atoms with Crippen LogP contribution in [0.15, 0.2) is 12.4 Å². The van der Waals surface area contributed by atoms with Crippen LogP contribution in [0.5, 0.6) is 0 Å². The van der Waals surface area contributed by atoms with Crippen LogP contribution in [0.4, 0.5) is 0 Å². The summed E-state index contributed by atoms with van der Waals surface area (Å²) in [6.07, 6.45) is 3.72. The van der Waals surface area contributed by atoms with Crippen molar-refractivity contribution in [1.82, 2.24) is 9.97 Å². The highest BCUT2D eigenvalue weighted by Gasteiger charge is 2.17. The number of hydrogen-bond donors (Lipinski definition) is 0. The third-order valence-corrected chi connectivity index (χ3v) is 1.97. The van der Waals surface area contributed by atoms with Gasteiger partial charge in [0.25, 0.3) is 0 Å². The standard InChI is InChI=1S/C11H16N2O/c1-5-9(14)8-6-12-10(13-7-8)11(2,3)4/h6-7H,5H2,1-4H3. The van der Waals surface area contributed by atoms with E-state index in [1.165, 1.54) is 0 Å². The Balaban J connectivity index is 2.95. The first-order valence-corrected chi connectivity index (χ1v) is 4.81. The fourth-order valence-corrected chi connectivity index (χ4v) is 1.06. The van der Waals surface area contributed by atoms with E-state index >= 15 is 0 Å². The molecule has 1 rings (SSSR count). The third-order valence-electron chi connectivity index (χ3n) is 1.97. The van der Waals surface area contributed by atoms with E-state index in [1.54, 1.807) is 12.4 Å². The summed E-state index contributed by atoms with van der Waals surface area (Å²) < 4.78 is 0. The molecule has 0 unspecified atom stereocenters. The van der Waals surface area contributed by atoms with Gasteiger partial charge in [-0.2, -0.15) is 0 Å². The summed E-state index contributed by atoms with van der Waals surface area (Å²) in [5, 5.41) is 0. The molecule has 0 aliphatic carbocycles. The van der Waals surface area contributed by atoms with Crippen LogP contribution in [-0.4, -0.2) is 15.8 Å². The van der Waals surface area contributed by atoms with Gasteiger partial charge in [-0.3, -0.25) is 4.79 Å². The Morgan fingerprint density at radius 1 is 1.29 bits per heavy atom. The molecular formula is C11H16N2O. The van der Waals surface area contributed by atoms with Crippen molar-refractivity contribution in [3.05, 3.63) is 23.8 Å². The Labute approximate surface area is 84.6 Å². The van der Waals surface area contributed by atoms with Crippen LogP contribution in [0.2, 0.25) is 0 Å². The van der Waals surface area contributed by atoms with E-state index in [-0.39, 0.29) is 11.2 Å². The van der Waals surface area contributed by atoms with Crippen LogP contribution in [0.25, 0.3) is 0 Å². The van der Waals surface area contributed by atoms with Gasteiger partial charge in [0.05, 0.1) is 5.56 Å². The lowest BCUT2D eigenvalue weighted by Gasteiger charge is -2.15. The van der Waals surface area contributed by atoms with Crippen molar-refractivity contribution in [3.63, 3.8) is 0 Å². The first kappa shape index (κ1) is 10.8. The number of carbonyl (C=O) groups excluding carboxylic acids is 1. The minimum absolute atomic E-state index is 0.0617. The summed E-state index contributed by atoms with van der Waals surface area (Å²) in [5.41, 5.74) is 0.536. The Kier molecular flexibility index (Phi) is 2.99. The molecule has 0 fully saturated rings. The normalized spacial score (nSPS) is 11.4. The smallest absolute Gasteiger partial charge is 0.165 e. The summed E-state index contributed by atoms with van der Waals surface area (Å²) in [7, 11) is 0. The molecule has 0 aliphatic rings. The van der Waals surface area contributed by atoms with Gasteiger partial charge in [-0.15, -0.1) is 0 Å². The number of rotatable bonds is 2. The van der Waals surface area contributed by atoms with Gasteiger partial charge >= 0.3 is 0 Å². The average molecular weight is 192 g/mol. The predicted octanol–water partition coefficient (Wildman–Crippen LogP) is 2.37. The molecule has 0 radical (unpaired) electrons. The van der Waals surface area contributed by atoms with Crippen molar-refractivity contribution in [3.8, 4) is 0 Å². The second-order valence-corrected chi connectivity index (χ2v) is 4.32. The SMILES string of the molecule is CCC(=O)c1cnc(C(C)(C)C)nc1. The molecule has 0 N–H and O–H groups in total. The van der Waals surface area contributed by atoms with E-state index in [1.807, 2.05) is 27.7 Å². The van der Waals surface area contributed by atoms with Gasteiger partial charge in [0.2, 0.25) is 0 Å². The van der Waals surface area contributed by atoms with Gasteiger partial charge in [-0.05, 0) is 0 Å². The second kappa shape index (κ2) is 3.86. The Hall–Kier alpha value is -1.25. The molecule has 0 amide bonds. The van der Waals surface area contributed by atoms with Gasteiger partial charge < -0.3 is 0 Å². The second-order valence-electron chi connectivity index (χ2n) is 4.32. The maximum Gasteiger partial charge on any atom is 0.165 e. The molecule has 0 bridgehead atoms. The monoisotopic (exact) mass is 192 g/mol. The summed E-state index contributed by atoms with van der Waals surface area (Å²) in [6.45, 7) is 7.97. The fourth-order valence-electron chi connectivity index (χ4n) is 1.06. The third kappa shape index (κ3) is 2.37. The van der Waals surface area contributed by atoms with Gasteiger partial charge in [0, 0.05) is 24.2 Å². The van der Waals surface area contributed by atoms with E-state index in [2.05, 4.69) is 9.97 Å². The number of aromatic nitrogens is 2. The van der Waals surface area contributed by atoms with Crippen LogP contribution in [0.1, 0.15) is 50.3 Å². The van der Waals surface area contributed by atoms with Crippen molar-refractivity contribution < 1.29 is 4.79 Å². The molecule has 0 spiro atoms. The highest BCUT2D eigenvalue weighted by molar-refractivity contribution is 5.95. The molecule has 0 aliphatic heterocycles. The zero-order valence-electron chi connectivity index (χ0n) is 9.16. The summed E-state index contributed by atoms with van der Waals surface area (Å²) in [6, 6.07) is 0. The van der Waals surface area contributed by atoms with Crippen molar-refractivity contribution >= 4 is 5.78 Å². The fraction of sp³-hybridized carbons (Fsp3) is 0.545. The van der Waals surface area contributed by atoms with Gasteiger partial charge in [-0.25, -0.2) is 9.97 Å². The van der Waals surface area contributed by atoms with Crippen molar-refractivity contribution in [2.75, 3.05) is 0 Å². The lowest BCUT2D eigenvalue weighted by Crippen LogP contribution is -2.16. The molecule has 0 aromatic carbocycles. The van der Waals surface area contributed by atoms with E-state index in [4.69, 9.17) is 0 Å². The molecule has 0 atom stereocenters. The lowest BCUT2D eigenvalue weighted by molar-refractivity contribution is 0.0987. The summed E-state index contributed by atoms with van der Waals surface area (Å²) in [4.78, 5) is 19.7. The van der Waals surface area contributed by atoms with E-state index in [9.17, 15) is 4.79 Å². The molecule has 1 heterocycles. The van der Waals surface area contributed by atoms with Crippen LogP contribution in [0.3, 0.4) is 0 Å². The van der Waals surface area contributed by atoms with Crippen molar-refractivity contribution in [2.45, 2.75) is 39.5 Å². The minimum Gasteiger partial charge on any atom is -0.294 e. The highest BCUT2D eigenvalue weighted by Crippen LogP contribution is 2.17. The number of Topliss-reactive ketones (excluding diaryl/α,β-unsaturated/α-hetero) is 1. The van der Waals surface area contributed by atoms with Gasteiger partial charge in [0.1, 0.15) is 5.82 Å². The Bertz CT molecular complexity index is 322. The molecular weight excluding hydrogens is 176 g/mol. The van der Waals surface area contributed by atoms with Gasteiger partial charge in [0.15, 0.2) is 5.78 Å². The molecule has 76 valence electrons. The molecule has 0 saturated carbocycles. The molecule has 3 heteroatoms. The molecule has 1 aromatic heterocycles. The number of hydrogen-bond acceptors (Lipinski definition) is 3. The van der Waals surface area contributed by atoms with E-state index < -0.39 is 0 Å². The largest absolute Gasteiger partial charge is 0.294 e. The Morgan fingerprint density at radius 3 is 2.14 bits per heavy atom. The highest BCUT2D eigenvalue weighted by atomic mass is 16.1. The van der Waals surface area contributed by atoms with Crippen LogP contribution < -0.4 is 0 Å². The quantitative estimate of drug-likeness (QED) is 0.675. The van der Waals surface area contributed by atoms with E-state index in [0.29, 0.717) is 12.0 Å². The number of nitrogens with zero attached hydrogens (tertiary/aromatic N) is 2. The summed E-state index contributed by atoms with van der Waals surface area (Å²) >= 11 is 0. The minimum atomic E-state index is -0.0617. The van der Waals surface area contributed by atoms with Crippen molar-refractivity contribution in [2.24, 2.45) is 0 Å². The summed E-state index contributed by atoms with van der Waals surface area (Å²) in [5.74, 6) is 0.857. The zero-order chi connectivity index (χ0) is 10.8. The molecule has 3 nitrogen and oxygen atoms in total. The molecule has 0 saturated heterocycles. The predicted molar refractivity (Wildman–Crippen MR) is 55.4 cm³/mol. The van der Waals surface area contributed by atoms with E-state index in [0.717, 1.165) is 5.82 Å². The van der Waals surface area contributed by atoms with Crippen LogP contribution in [0, 0.1) is 0 Å². The first-order valence-electron chi connectivity index (χ1n) is 4.81. The average Bonchev–Trinajstić information content (AvgIpc) is 2.15. The lowest BCUT2D eigenvalue weighted by atomic mass is 9.95. The van der Waals surface area contributed by atoms with Crippen LogP contribution >= 0.6 is 0 Å². The Morgan fingerprint density at radius 2 is 1.79 bits per heavy atom. The van der Waals surface area contributed by atoms with Crippen LogP contribution in [-0.2, 0) is 5.41 Å². The van der Waals surface area contributed by atoms with Crippen molar-refractivity contribution in [1.29, 1.82) is 0 Å². The maximum atomic E-state index is 11.3.